The van der Waals surface area contributed by atoms with Gasteiger partial charge in [0, 0.05) is 19.6 Å². The minimum atomic E-state index is -0.579. The zero-order valence-corrected chi connectivity index (χ0v) is 11.9. The van der Waals surface area contributed by atoms with E-state index in [0.29, 0.717) is 19.1 Å². The molecule has 4 nitrogen and oxygen atoms in total. The molecule has 0 aromatic heterocycles. The van der Waals surface area contributed by atoms with E-state index in [4.69, 9.17) is 9.47 Å². The highest BCUT2D eigenvalue weighted by atomic mass is 16.5. The molecule has 19 heavy (non-hydrogen) atoms. The highest BCUT2D eigenvalue weighted by Crippen LogP contribution is 2.27. The lowest BCUT2D eigenvalue weighted by molar-refractivity contribution is 0.0361. The molecule has 1 heterocycles. The fourth-order valence-corrected chi connectivity index (χ4v) is 2.45. The van der Waals surface area contributed by atoms with Crippen LogP contribution in [-0.4, -0.2) is 49.0 Å². The molecular weight excluding hydrogens is 242 g/mol. The van der Waals surface area contributed by atoms with Crippen molar-refractivity contribution in [3.05, 3.63) is 24.3 Å². The molecule has 1 aliphatic rings. The van der Waals surface area contributed by atoms with Crippen LogP contribution < -0.4 is 9.47 Å². The maximum atomic E-state index is 10.1. The van der Waals surface area contributed by atoms with Crippen LogP contribution in [0.3, 0.4) is 0 Å². The number of nitrogens with zero attached hydrogens (tertiary/aromatic N) is 1. The number of hydrogen-bond donors (Lipinski definition) is 1. The van der Waals surface area contributed by atoms with E-state index in [1.807, 2.05) is 31.2 Å². The fraction of sp³-hybridized carbons (Fsp3) is 0.600. The minimum Gasteiger partial charge on any atom is -0.493 e. The van der Waals surface area contributed by atoms with Crippen LogP contribution in [0.4, 0.5) is 0 Å². The second-order valence-corrected chi connectivity index (χ2v) is 5.49. The van der Waals surface area contributed by atoms with E-state index in [1.54, 1.807) is 7.11 Å². The molecule has 0 saturated carbocycles. The average Bonchev–Trinajstić information content (AvgIpc) is 2.63. The van der Waals surface area contributed by atoms with E-state index in [9.17, 15) is 5.11 Å². The molecular formula is C15H23NO3. The SMILES string of the molecule is COc1ccccc1OCCN1CC(C)C(C)(O)C1. The summed E-state index contributed by atoms with van der Waals surface area (Å²) in [6.45, 7) is 7.03. The number of para-hydroxylation sites is 2. The van der Waals surface area contributed by atoms with Gasteiger partial charge in [-0.1, -0.05) is 19.1 Å². The summed E-state index contributed by atoms with van der Waals surface area (Å²) in [6.07, 6.45) is 0. The molecule has 0 aliphatic carbocycles. The first-order valence-corrected chi connectivity index (χ1v) is 6.73. The Morgan fingerprint density at radius 1 is 1.37 bits per heavy atom. The highest BCUT2D eigenvalue weighted by molar-refractivity contribution is 5.39. The average molecular weight is 265 g/mol. The lowest BCUT2D eigenvalue weighted by atomic mass is 9.95. The molecule has 1 saturated heterocycles. The molecule has 4 heteroatoms. The van der Waals surface area contributed by atoms with Gasteiger partial charge in [-0.25, -0.2) is 0 Å². The van der Waals surface area contributed by atoms with Crippen LogP contribution in [0.1, 0.15) is 13.8 Å². The zero-order valence-electron chi connectivity index (χ0n) is 11.9. The van der Waals surface area contributed by atoms with Gasteiger partial charge < -0.3 is 14.6 Å². The van der Waals surface area contributed by atoms with Crippen LogP contribution in [-0.2, 0) is 0 Å². The van der Waals surface area contributed by atoms with Crippen molar-refractivity contribution < 1.29 is 14.6 Å². The van der Waals surface area contributed by atoms with Gasteiger partial charge in [0.2, 0.25) is 0 Å². The van der Waals surface area contributed by atoms with Crippen molar-refractivity contribution in [2.24, 2.45) is 5.92 Å². The van der Waals surface area contributed by atoms with Gasteiger partial charge in [0.25, 0.3) is 0 Å². The van der Waals surface area contributed by atoms with Crippen molar-refractivity contribution in [1.29, 1.82) is 0 Å². The summed E-state index contributed by atoms with van der Waals surface area (Å²) in [7, 11) is 1.64. The molecule has 0 bridgehead atoms. The Bertz CT molecular complexity index is 420. The van der Waals surface area contributed by atoms with Gasteiger partial charge in [-0.05, 0) is 25.0 Å². The van der Waals surface area contributed by atoms with Crippen LogP contribution >= 0.6 is 0 Å². The van der Waals surface area contributed by atoms with Crippen molar-refractivity contribution in [2.75, 3.05) is 33.4 Å². The molecule has 106 valence electrons. The van der Waals surface area contributed by atoms with Gasteiger partial charge in [0.15, 0.2) is 11.5 Å². The quantitative estimate of drug-likeness (QED) is 0.881. The Kier molecular flexibility index (Phi) is 4.32. The number of ether oxygens (including phenoxy) is 2. The second-order valence-electron chi connectivity index (χ2n) is 5.49. The first-order valence-electron chi connectivity index (χ1n) is 6.73. The summed E-state index contributed by atoms with van der Waals surface area (Å²) in [5.74, 6) is 1.83. The third kappa shape index (κ3) is 3.39. The Labute approximate surface area is 114 Å². The van der Waals surface area contributed by atoms with Crippen LogP contribution in [0.25, 0.3) is 0 Å². The maximum absolute atomic E-state index is 10.1. The van der Waals surface area contributed by atoms with Crippen molar-refractivity contribution in [1.82, 2.24) is 4.90 Å². The molecule has 0 spiro atoms. The van der Waals surface area contributed by atoms with Gasteiger partial charge in [-0.3, -0.25) is 4.90 Å². The van der Waals surface area contributed by atoms with E-state index in [-0.39, 0.29) is 0 Å². The number of methoxy groups -OCH3 is 1. The summed E-state index contributed by atoms with van der Waals surface area (Å²) in [5.41, 5.74) is -0.579. The summed E-state index contributed by atoms with van der Waals surface area (Å²) < 4.78 is 11.0. The van der Waals surface area contributed by atoms with Crippen LogP contribution in [0.2, 0.25) is 0 Å². The lowest BCUT2D eigenvalue weighted by Crippen LogP contribution is -2.34. The number of aliphatic hydroxyl groups is 1. The Morgan fingerprint density at radius 3 is 2.63 bits per heavy atom. The van der Waals surface area contributed by atoms with Crippen LogP contribution in [0.15, 0.2) is 24.3 Å². The van der Waals surface area contributed by atoms with E-state index < -0.39 is 5.60 Å². The molecule has 1 aliphatic heterocycles. The maximum Gasteiger partial charge on any atom is 0.161 e. The smallest absolute Gasteiger partial charge is 0.161 e. The molecule has 0 radical (unpaired) electrons. The van der Waals surface area contributed by atoms with Crippen molar-refractivity contribution in [3.63, 3.8) is 0 Å². The summed E-state index contributed by atoms with van der Waals surface area (Å²) in [4.78, 5) is 2.24. The molecule has 1 fully saturated rings. The second kappa shape index (κ2) is 5.80. The Balaban J connectivity index is 1.81. The summed E-state index contributed by atoms with van der Waals surface area (Å²) in [6, 6.07) is 7.64. The standard InChI is InChI=1S/C15H23NO3/c1-12-10-16(11-15(12,2)17)8-9-19-14-7-5-4-6-13(14)18-3/h4-7,12,17H,8-11H2,1-3H3. The molecule has 0 amide bonds. The van der Waals surface area contributed by atoms with E-state index in [1.165, 1.54) is 0 Å². The van der Waals surface area contributed by atoms with Gasteiger partial charge in [0.05, 0.1) is 12.7 Å². The third-order valence-corrected chi connectivity index (χ3v) is 3.87. The van der Waals surface area contributed by atoms with Crippen LogP contribution in [0.5, 0.6) is 11.5 Å². The van der Waals surface area contributed by atoms with Gasteiger partial charge in [0.1, 0.15) is 6.61 Å². The lowest BCUT2D eigenvalue weighted by Gasteiger charge is -2.21. The van der Waals surface area contributed by atoms with E-state index in [0.717, 1.165) is 24.6 Å². The van der Waals surface area contributed by atoms with Crippen molar-refractivity contribution in [3.8, 4) is 11.5 Å². The van der Waals surface area contributed by atoms with Crippen molar-refractivity contribution in [2.45, 2.75) is 19.4 Å². The van der Waals surface area contributed by atoms with Gasteiger partial charge in [-0.15, -0.1) is 0 Å². The summed E-state index contributed by atoms with van der Waals surface area (Å²) >= 11 is 0. The minimum absolute atomic E-state index is 0.304. The van der Waals surface area contributed by atoms with Crippen molar-refractivity contribution >= 4 is 0 Å². The molecule has 1 aromatic rings. The molecule has 1 aromatic carbocycles. The van der Waals surface area contributed by atoms with Crippen LogP contribution in [0, 0.1) is 5.92 Å². The predicted octanol–water partition coefficient (Wildman–Crippen LogP) is 1.78. The van der Waals surface area contributed by atoms with Gasteiger partial charge >= 0.3 is 0 Å². The molecule has 2 unspecified atom stereocenters. The first kappa shape index (κ1) is 14.2. The summed E-state index contributed by atoms with van der Waals surface area (Å²) in [5, 5.41) is 10.1. The normalized spacial score (nSPS) is 27.5. The monoisotopic (exact) mass is 265 g/mol. The largest absolute Gasteiger partial charge is 0.493 e. The topological polar surface area (TPSA) is 41.9 Å². The Hall–Kier alpha value is -1.26. The molecule has 1 N–H and O–H groups in total. The predicted molar refractivity (Wildman–Crippen MR) is 74.7 cm³/mol. The highest BCUT2D eigenvalue weighted by Gasteiger charge is 2.37. The number of β-amino-alcohol motifs (C(OH)–C–C–N with tert-alkyl or cyclic N) is 1. The molecule has 2 rings (SSSR count). The van der Waals surface area contributed by atoms with Gasteiger partial charge in [-0.2, -0.15) is 0 Å². The number of benzene rings is 1. The third-order valence-electron chi connectivity index (χ3n) is 3.87. The fourth-order valence-electron chi connectivity index (χ4n) is 2.45. The van der Waals surface area contributed by atoms with E-state index >= 15 is 0 Å². The zero-order chi connectivity index (χ0) is 13.9. The molecule has 2 atom stereocenters. The first-order chi connectivity index (χ1) is 9.03. The Morgan fingerprint density at radius 2 is 2.05 bits per heavy atom. The number of hydrogen-bond acceptors (Lipinski definition) is 4. The number of likely N-dealkylation sites (tertiary alicyclic amines) is 1. The number of rotatable bonds is 5. The van der Waals surface area contributed by atoms with E-state index in [2.05, 4.69) is 11.8 Å².